The van der Waals surface area contributed by atoms with Crippen LogP contribution < -0.4 is 15.5 Å². The maximum absolute atomic E-state index is 11.8. The Labute approximate surface area is 143 Å². The van der Waals surface area contributed by atoms with Crippen LogP contribution in [0.25, 0.3) is 0 Å². The summed E-state index contributed by atoms with van der Waals surface area (Å²) in [6.07, 6.45) is 4.12. The lowest BCUT2D eigenvalue weighted by molar-refractivity contribution is -0.119. The summed E-state index contributed by atoms with van der Waals surface area (Å²) in [5.74, 6) is 1.53. The molecule has 24 heavy (non-hydrogen) atoms. The van der Waals surface area contributed by atoms with Crippen molar-refractivity contribution in [3.05, 3.63) is 48.4 Å². The molecule has 1 aliphatic rings. The van der Waals surface area contributed by atoms with Crippen molar-refractivity contribution in [3.63, 3.8) is 0 Å². The first-order chi connectivity index (χ1) is 11.7. The van der Waals surface area contributed by atoms with Gasteiger partial charge in [0.15, 0.2) is 0 Å². The van der Waals surface area contributed by atoms with Crippen molar-refractivity contribution in [3.8, 4) is 0 Å². The van der Waals surface area contributed by atoms with E-state index < -0.39 is 0 Å². The molecule has 0 bridgehead atoms. The van der Waals surface area contributed by atoms with Crippen molar-refractivity contribution in [2.45, 2.75) is 26.3 Å². The van der Waals surface area contributed by atoms with Gasteiger partial charge in [-0.25, -0.2) is 0 Å². The summed E-state index contributed by atoms with van der Waals surface area (Å²) < 4.78 is 5.18. The molecule has 1 aromatic carbocycles. The van der Waals surface area contributed by atoms with Crippen LogP contribution in [0.15, 0.2) is 47.1 Å². The van der Waals surface area contributed by atoms with E-state index in [1.807, 2.05) is 24.3 Å². The molecule has 5 nitrogen and oxygen atoms in total. The second-order valence-electron chi connectivity index (χ2n) is 6.43. The minimum Gasteiger partial charge on any atom is -0.467 e. The third kappa shape index (κ3) is 4.54. The van der Waals surface area contributed by atoms with Crippen molar-refractivity contribution in [2.75, 3.05) is 29.9 Å². The molecule has 0 aliphatic carbocycles. The third-order valence-electron chi connectivity index (χ3n) is 4.51. The van der Waals surface area contributed by atoms with Gasteiger partial charge in [0.05, 0.1) is 19.4 Å². The summed E-state index contributed by atoms with van der Waals surface area (Å²) in [4.78, 5) is 14.3. The van der Waals surface area contributed by atoms with Crippen LogP contribution >= 0.6 is 0 Å². The monoisotopic (exact) mass is 327 g/mol. The zero-order chi connectivity index (χ0) is 16.8. The van der Waals surface area contributed by atoms with Gasteiger partial charge in [0, 0.05) is 24.5 Å². The maximum atomic E-state index is 11.8. The van der Waals surface area contributed by atoms with Gasteiger partial charge in [0.1, 0.15) is 5.76 Å². The second kappa shape index (κ2) is 7.90. The Bertz CT molecular complexity index is 629. The molecule has 0 saturated carbocycles. The first-order valence-corrected chi connectivity index (χ1v) is 8.58. The smallest absolute Gasteiger partial charge is 0.239 e. The molecule has 0 atom stereocenters. The maximum Gasteiger partial charge on any atom is 0.239 e. The number of rotatable bonds is 6. The van der Waals surface area contributed by atoms with E-state index in [1.165, 1.54) is 18.5 Å². The number of nitrogens with zero attached hydrogens (tertiary/aromatic N) is 1. The van der Waals surface area contributed by atoms with Crippen LogP contribution in [-0.2, 0) is 11.3 Å². The van der Waals surface area contributed by atoms with Gasteiger partial charge in [-0.05, 0) is 55.2 Å². The highest BCUT2D eigenvalue weighted by atomic mass is 16.3. The van der Waals surface area contributed by atoms with Gasteiger partial charge in [-0.3, -0.25) is 4.79 Å². The molecule has 2 heterocycles. The number of hydrogen-bond donors (Lipinski definition) is 2. The second-order valence-corrected chi connectivity index (χ2v) is 6.43. The Morgan fingerprint density at radius 1 is 1.21 bits per heavy atom. The van der Waals surface area contributed by atoms with E-state index in [-0.39, 0.29) is 12.5 Å². The van der Waals surface area contributed by atoms with E-state index in [1.54, 1.807) is 6.26 Å². The highest BCUT2D eigenvalue weighted by Gasteiger charge is 2.15. The number of furan rings is 1. The fourth-order valence-corrected chi connectivity index (χ4v) is 2.90. The summed E-state index contributed by atoms with van der Waals surface area (Å²) in [5.41, 5.74) is 2.21. The van der Waals surface area contributed by atoms with Crippen LogP contribution in [0.3, 0.4) is 0 Å². The molecular formula is C19H25N3O2. The molecular weight excluding hydrogens is 302 g/mol. The zero-order valence-corrected chi connectivity index (χ0v) is 14.1. The summed E-state index contributed by atoms with van der Waals surface area (Å²) in [5, 5.41) is 5.97. The molecule has 0 radical (unpaired) electrons. The van der Waals surface area contributed by atoms with E-state index in [9.17, 15) is 4.79 Å². The molecule has 1 aliphatic heterocycles. The van der Waals surface area contributed by atoms with Gasteiger partial charge >= 0.3 is 0 Å². The van der Waals surface area contributed by atoms with Crippen LogP contribution in [0, 0.1) is 5.92 Å². The van der Waals surface area contributed by atoms with Crippen LogP contribution in [0.4, 0.5) is 11.4 Å². The minimum absolute atomic E-state index is 0.0551. The Kier molecular flexibility index (Phi) is 5.41. The van der Waals surface area contributed by atoms with E-state index in [2.05, 4.69) is 34.6 Å². The third-order valence-corrected chi connectivity index (χ3v) is 4.51. The van der Waals surface area contributed by atoms with Crippen molar-refractivity contribution in [2.24, 2.45) is 5.92 Å². The number of amides is 1. The number of carbonyl (C=O) groups excluding carboxylic acids is 1. The Balaban J connectivity index is 1.43. The molecule has 0 spiro atoms. The molecule has 1 fully saturated rings. The highest BCUT2D eigenvalue weighted by Crippen LogP contribution is 2.24. The Morgan fingerprint density at radius 2 is 1.96 bits per heavy atom. The van der Waals surface area contributed by atoms with E-state index in [4.69, 9.17) is 4.42 Å². The molecule has 3 rings (SSSR count). The number of nitrogens with one attached hydrogen (secondary N) is 2. The number of benzene rings is 1. The molecule has 1 aromatic heterocycles. The highest BCUT2D eigenvalue weighted by molar-refractivity contribution is 5.80. The lowest BCUT2D eigenvalue weighted by Crippen LogP contribution is -2.32. The van der Waals surface area contributed by atoms with Gasteiger partial charge in [0.25, 0.3) is 0 Å². The van der Waals surface area contributed by atoms with Gasteiger partial charge < -0.3 is 20.0 Å². The average molecular weight is 327 g/mol. The number of anilines is 2. The van der Waals surface area contributed by atoms with Gasteiger partial charge in [-0.15, -0.1) is 0 Å². The molecule has 128 valence electrons. The number of carbonyl (C=O) groups is 1. The molecule has 2 N–H and O–H groups in total. The van der Waals surface area contributed by atoms with Crippen molar-refractivity contribution < 1.29 is 9.21 Å². The fraction of sp³-hybridized carbons (Fsp3) is 0.421. The molecule has 2 aromatic rings. The average Bonchev–Trinajstić information content (AvgIpc) is 3.13. The predicted octanol–water partition coefficient (Wildman–Crippen LogP) is 3.24. The van der Waals surface area contributed by atoms with Crippen LogP contribution in [-0.4, -0.2) is 25.5 Å². The SMILES string of the molecule is CC1CCN(c2ccc(NCC(=O)NCc3ccco3)cc2)CC1. The first kappa shape index (κ1) is 16.4. The van der Waals surface area contributed by atoms with Gasteiger partial charge in [0.2, 0.25) is 5.91 Å². The van der Waals surface area contributed by atoms with Gasteiger partial charge in [-0.1, -0.05) is 6.92 Å². The van der Waals surface area contributed by atoms with Crippen LogP contribution in [0.2, 0.25) is 0 Å². The number of hydrogen-bond acceptors (Lipinski definition) is 4. The zero-order valence-electron chi connectivity index (χ0n) is 14.1. The van der Waals surface area contributed by atoms with Crippen LogP contribution in [0.5, 0.6) is 0 Å². The van der Waals surface area contributed by atoms with Crippen molar-refractivity contribution >= 4 is 17.3 Å². The van der Waals surface area contributed by atoms with E-state index in [0.29, 0.717) is 6.54 Å². The topological polar surface area (TPSA) is 57.5 Å². The summed E-state index contributed by atoms with van der Waals surface area (Å²) in [7, 11) is 0. The fourth-order valence-electron chi connectivity index (χ4n) is 2.90. The van der Waals surface area contributed by atoms with Crippen molar-refractivity contribution in [1.82, 2.24) is 5.32 Å². The normalized spacial score (nSPS) is 15.3. The molecule has 5 heteroatoms. The Morgan fingerprint density at radius 3 is 2.62 bits per heavy atom. The summed E-state index contributed by atoms with van der Waals surface area (Å²) in [6.45, 7) is 5.24. The Hall–Kier alpha value is -2.43. The quantitative estimate of drug-likeness (QED) is 0.855. The van der Waals surface area contributed by atoms with Crippen molar-refractivity contribution in [1.29, 1.82) is 0 Å². The predicted molar refractivity (Wildman–Crippen MR) is 96.1 cm³/mol. The summed E-state index contributed by atoms with van der Waals surface area (Å²) >= 11 is 0. The largest absolute Gasteiger partial charge is 0.467 e. The van der Waals surface area contributed by atoms with E-state index in [0.717, 1.165) is 30.5 Å². The molecule has 1 saturated heterocycles. The molecule has 1 amide bonds. The van der Waals surface area contributed by atoms with Gasteiger partial charge in [-0.2, -0.15) is 0 Å². The van der Waals surface area contributed by atoms with E-state index >= 15 is 0 Å². The van der Waals surface area contributed by atoms with Crippen LogP contribution in [0.1, 0.15) is 25.5 Å². The minimum atomic E-state index is -0.0551. The molecule has 0 unspecified atom stereocenters. The first-order valence-electron chi connectivity index (χ1n) is 8.58. The standard InChI is InChI=1S/C19H25N3O2/c1-15-8-10-22(11-9-15)17-6-4-16(5-7-17)20-14-19(23)21-13-18-3-2-12-24-18/h2-7,12,15,20H,8-11,13-14H2,1H3,(H,21,23). The lowest BCUT2D eigenvalue weighted by atomic mass is 9.99. The summed E-state index contributed by atoms with van der Waals surface area (Å²) in [6, 6.07) is 12.0. The number of piperidine rings is 1. The lowest BCUT2D eigenvalue weighted by Gasteiger charge is -2.32.